The number of benzene rings is 1. The molecule has 1 aliphatic heterocycles. The molecule has 5 nitrogen and oxygen atoms in total. The minimum atomic E-state index is -0.0378. The van der Waals surface area contributed by atoms with E-state index in [1.807, 2.05) is 49.6 Å². The van der Waals surface area contributed by atoms with E-state index < -0.39 is 0 Å². The quantitative estimate of drug-likeness (QED) is 0.844. The van der Waals surface area contributed by atoms with Gasteiger partial charge in [-0.25, -0.2) is 0 Å². The molecule has 1 aromatic heterocycles. The van der Waals surface area contributed by atoms with Gasteiger partial charge in [-0.3, -0.25) is 9.59 Å². The molecule has 2 aromatic rings. The second kappa shape index (κ2) is 7.70. The number of thiophene rings is 1. The van der Waals surface area contributed by atoms with Gasteiger partial charge in [-0.2, -0.15) is 0 Å². The number of rotatable bonds is 4. The molecule has 0 radical (unpaired) electrons. The van der Waals surface area contributed by atoms with E-state index in [1.165, 1.54) is 11.3 Å². The molecule has 0 spiro atoms. The van der Waals surface area contributed by atoms with Gasteiger partial charge in [0.15, 0.2) is 6.61 Å². The molecule has 0 bridgehead atoms. The van der Waals surface area contributed by atoms with E-state index in [0.717, 1.165) is 21.8 Å². The zero-order valence-corrected chi connectivity index (χ0v) is 15.3. The minimum Gasteiger partial charge on any atom is -0.483 e. The summed E-state index contributed by atoms with van der Waals surface area (Å²) in [6, 6.07) is 9.54. The molecular formula is C19H22N2O3S. The lowest BCUT2D eigenvalue weighted by Crippen LogP contribution is -2.51. The van der Waals surface area contributed by atoms with Crippen LogP contribution in [0, 0.1) is 13.8 Å². The number of aryl methyl sites for hydroxylation is 1. The van der Waals surface area contributed by atoms with Crippen LogP contribution in [0.5, 0.6) is 5.75 Å². The van der Waals surface area contributed by atoms with Crippen molar-refractivity contribution in [3.63, 3.8) is 0 Å². The van der Waals surface area contributed by atoms with Gasteiger partial charge in [0.1, 0.15) is 5.75 Å². The van der Waals surface area contributed by atoms with Crippen LogP contribution in [0.25, 0.3) is 0 Å². The lowest BCUT2D eigenvalue weighted by Gasteiger charge is -2.34. The molecule has 2 heterocycles. The van der Waals surface area contributed by atoms with Gasteiger partial charge in [0.2, 0.25) is 0 Å². The Balaban J connectivity index is 1.50. The first kappa shape index (κ1) is 17.5. The summed E-state index contributed by atoms with van der Waals surface area (Å²) in [5.74, 6) is 0.762. The summed E-state index contributed by atoms with van der Waals surface area (Å²) in [6.07, 6.45) is 0. The standard InChI is InChI=1S/C19H22N2O3S/c1-14-5-3-6-16(15(14)2)24-13-18(22)20-8-10-21(11-9-20)19(23)17-7-4-12-25-17/h3-7,12H,8-11,13H2,1-2H3. The molecule has 1 fully saturated rings. The summed E-state index contributed by atoms with van der Waals surface area (Å²) >= 11 is 1.45. The molecule has 0 aliphatic carbocycles. The van der Waals surface area contributed by atoms with Gasteiger partial charge in [0, 0.05) is 26.2 Å². The number of ether oxygens (including phenoxy) is 1. The van der Waals surface area contributed by atoms with E-state index in [4.69, 9.17) is 4.74 Å². The summed E-state index contributed by atoms with van der Waals surface area (Å²) in [7, 11) is 0. The Morgan fingerprint density at radius 3 is 2.44 bits per heavy atom. The van der Waals surface area contributed by atoms with E-state index in [0.29, 0.717) is 26.2 Å². The second-order valence-electron chi connectivity index (χ2n) is 6.14. The van der Waals surface area contributed by atoms with Gasteiger partial charge in [0.25, 0.3) is 11.8 Å². The van der Waals surface area contributed by atoms with E-state index in [9.17, 15) is 9.59 Å². The van der Waals surface area contributed by atoms with Crippen molar-refractivity contribution in [3.8, 4) is 5.75 Å². The van der Waals surface area contributed by atoms with Crippen molar-refractivity contribution in [2.24, 2.45) is 0 Å². The van der Waals surface area contributed by atoms with Crippen molar-refractivity contribution in [2.45, 2.75) is 13.8 Å². The molecule has 1 saturated heterocycles. The van der Waals surface area contributed by atoms with Crippen LogP contribution in [0.3, 0.4) is 0 Å². The molecule has 0 unspecified atom stereocenters. The van der Waals surface area contributed by atoms with Gasteiger partial charge in [-0.15, -0.1) is 11.3 Å². The Hall–Kier alpha value is -2.34. The van der Waals surface area contributed by atoms with Crippen molar-refractivity contribution in [1.29, 1.82) is 0 Å². The number of hydrogen-bond acceptors (Lipinski definition) is 4. The van der Waals surface area contributed by atoms with Crippen LogP contribution in [0.15, 0.2) is 35.7 Å². The van der Waals surface area contributed by atoms with Crippen LogP contribution in [0.4, 0.5) is 0 Å². The summed E-state index contributed by atoms with van der Waals surface area (Å²) in [6.45, 7) is 6.26. The van der Waals surface area contributed by atoms with Crippen LogP contribution in [-0.4, -0.2) is 54.4 Å². The van der Waals surface area contributed by atoms with E-state index in [-0.39, 0.29) is 18.4 Å². The molecule has 1 aromatic carbocycles. The zero-order chi connectivity index (χ0) is 17.8. The summed E-state index contributed by atoms with van der Waals surface area (Å²) in [5, 5.41) is 1.90. The number of piperazine rings is 1. The van der Waals surface area contributed by atoms with Crippen molar-refractivity contribution in [1.82, 2.24) is 9.80 Å². The predicted molar refractivity (Wildman–Crippen MR) is 98.2 cm³/mol. The lowest BCUT2D eigenvalue weighted by molar-refractivity contribution is -0.134. The lowest BCUT2D eigenvalue weighted by atomic mass is 10.1. The van der Waals surface area contributed by atoms with Crippen molar-refractivity contribution < 1.29 is 14.3 Å². The molecule has 2 amide bonds. The van der Waals surface area contributed by atoms with Gasteiger partial charge in [-0.05, 0) is 42.5 Å². The third kappa shape index (κ3) is 4.02. The molecule has 3 rings (SSSR count). The summed E-state index contributed by atoms with van der Waals surface area (Å²) in [4.78, 5) is 29.0. The highest BCUT2D eigenvalue weighted by Gasteiger charge is 2.25. The normalized spacial score (nSPS) is 14.5. The zero-order valence-electron chi connectivity index (χ0n) is 14.5. The van der Waals surface area contributed by atoms with Crippen molar-refractivity contribution in [3.05, 3.63) is 51.7 Å². The molecule has 132 valence electrons. The maximum absolute atomic E-state index is 12.4. The third-order valence-electron chi connectivity index (χ3n) is 4.56. The van der Waals surface area contributed by atoms with Gasteiger partial charge < -0.3 is 14.5 Å². The minimum absolute atomic E-state index is 0.0309. The first-order valence-corrected chi connectivity index (χ1v) is 9.24. The van der Waals surface area contributed by atoms with Crippen LogP contribution >= 0.6 is 11.3 Å². The SMILES string of the molecule is Cc1cccc(OCC(=O)N2CCN(C(=O)c3cccs3)CC2)c1C. The van der Waals surface area contributed by atoms with Crippen LogP contribution in [0.1, 0.15) is 20.8 Å². The molecule has 0 N–H and O–H groups in total. The predicted octanol–water partition coefficient (Wildman–Crippen LogP) is 2.73. The molecule has 6 heteroatoms. The average molecular weight is 358 g/mol. The van der Waals surface area contributed by atoms with Crippen molar-refractivity contribution in [2.75, 3.05) is 32.8 Å². The van der Waals surface area contributed by atoms with E-state index in [1.54, 1.807) is 9.80 Å². The van der Waals surface area contributed by atoms with Crippen LogP contribution in [-0.2, 0) is 4.79 Å². The maximum atomic E-state index is 12.4. The summed E-state index contributed by atoms with van der Waals surface area (Å²) < 4.78 is 5.70. The Kier molecular flexibility index (Phi) is 5.38. The van der Waals surface area contributed by atoms with Crippen molar-refractivity contribution >= 4 is 23.2 Å². The summed E-state index contributed by atoms with van der Waals surface area (Å²) in [5.41, 5.74) is 2.20. The molecular weight excluding hydrogens is 336 g/mol. The highest BCUT2D eigenvalue weighted by atomic mass is 32.1. The number of hydrogen-bond donors (Lipinski definition) is 0. The third-order valence-corrected chi connectivity index (χ3v) is 5.42. The first-order chi connectivity index (χ1) is 12.1. The van der Waals surface area contributed by atoms with Gasteiger partial charge >= 0.3 is 0 Å². The van der Waals surface area contributed by atoms with E-state index >= 15 is 0 Å². The second-order valence-corrected chi connectivity index (χ2v) is 7.08. The fraction of sp³-hybridized carbons (Fsp3) is 0.368. The highest BCUT2D eigenvalue weighted by Crippen LogP contribution is 2.20. The van der Waals surface area contributed by atoms with Crippen LogP contribution < -0.4 is 4.74 Å². The number of amides is 2. The smallest absolute Gasteiger partial charge is 0.264 e. The number of nitrogens with zero attached hydrogens (tertiary/aromatic N) is 2. The van der Waals surface area contributed by atoms with Crippen LogP contribution in [0.2, 0.25) is 0 Å². The number of carbonyl (C=O) groups is 2. The highest BCUT2D eigenvalue weighted by molar-refractivity contribution is 7.12. The Morgan fingerprint density at radius 2 is 1.76 bits per heavy atom. The molecule has 0 atom stereocenters. The maximum Gasteiger partial charge on any atom is 0.264 e. The van der Waals surface area contributed by atoms with Gasteiger partial charge in [-0.1, -0.05) is 18.2 Å². The average Bonchev–Trinajstić information content (AvgIpc) is 3.17. The first-order valence-electron chi connectivity index (χ1n) is 8.36. The topological polar surface area (TPSA) is 49.9 Å². The molecule has 1 aliphatic rings. The fourth-order valence-corrected chi connectivity index (χ4v) is 3.52. The molecule has 25 heavy (non-hydrogen) atoms. The fourth-order valence-electron chi connectivity index (χ4n) is 2.83. The Morgan fingerprint density at radius 1 is 1.04 bits per heavy atom. The van der Waals surface area contributed by atoms with Gasteiger partial charge in [0.05, 0.1) is 4.88 Å². The number of carbonyl (C=O) groups excluding carboxylic acids is 2. The van der Waals surface area contributed by atoms with E-state index in [2.05, 4.69) is 0 Å². The monoisotopic (exact) mass is 358 g/mol. The Bertz CT molecular complexity index is 750. The Labute approximate surface area is 151 Å². The largest absolute Gasteiger partial charge is 0.483 e. The molecule has 0 saturated carbocycles.